The highest BCUT2D eigenvalue weighted by molar-refractivity contribution is 8.13. The van der Waals surface area contributed by atoms with Crippen molar-refractivity contribution in [3.63, 3.8) is 0 Å². The molecule has 0 spiro atoms. The number of nitrogens with one attached hydrogen (secondary N) is 1. The van der Waals surface area contributed by atoms with E-state index in [9.17, 15) is 5.11 Å². The Morgan fingerprint density at radius 3 is 2.69 bits per heavy atom. The summed E-state index contributed by atoms with van der Waals surface area (Å²) < 4.78 is 16.5. The number of fused-ring (bicyclic) bond motifs is 1. The number of aryl methyl sites for hydroxylation is 1. The summed E-state index contributed by atoms with van der Waals surface area (Å²) in [6.07, 6.45) is 11.1. The van der Waals surface area contributed by atoms with Gasteiger partial charge in [-0.05, 0) is 63.7 Å². The molecule has 2 N–H and O–H groups in total. The number of para-hydroxylation sites is 1. The normalized spacial score (nSPS) is 18.6. The number of hydrogen-bond donors (Lipinski definition) is 2. The van der Waals surface area contributed by atoms with Gasteiger partial charge >= 0.3 is 6.01 Å². The lowest BCUT2D eigenvalue weighted by Gasteiger charge is -2.21. The number of aromatic nitrogens is 2. The van der Waals surface area contributed by atoms with Crippen molar-refractivity contribution in [3.8, 4) is 18.4 Å². The van der Waals surface area contributed by atoms with Crippen molar-refractivity contribution in [2.45, 2.75) is 51.8 Å². The fourth-order valence-corrected chi connectivity index (χ4v) is 5.44. The number of aliphatic hydroxyl groups is 1. The standard InChI is InChI=1S/C27H34N4O4S.C3H4/c1-17(33-3)13-22(34-4)11-12-35-27-28-18(2)24(25(31-27)29-21-10-9-19(14-21)15-32)26-30-23-8-6-5-7-20(23)16-36-26;1-3-2/h5-8,11,13,19,21,32H,9-10,12,14-16H2,1-4H3,(H,28,29,31);1H,2H3/b17-13+,22-11+;/t19?,21-;/m0./s1. The van der Waals surface area contributed by atoms with Crippen molar-refractivity contribution < 1.29 is 19.3 Å². The molecule has 8 nitrogen and oxygen atoms in total. The molecule has 0 saturated heterocycles. The Morgan fingerprint density at radius 1 is 1.23 bits per heavy atom. The molecule has 1 saturated carbocycles. The molecule has 9 heteroatoms. The maximum absolute atomic E-state index is 9.60. The van der Waals surface area contributed by atoms with E-state index >= 15 is 0 Å². The van der Waals surface area contributed by atoms with E-state index in [2.05, 4.69) is 28.7 Å². The van der Waals surface area contributed by atoms with Gasteiger partial charge in [-0.25, -0.2) is 4.99 Å². The summed E-state index contributed by atoms with van der Waals surface area (Å²) in [7, 11) is 3.22. The third kappa shape index (κ3) is 8.50. The van der Waals surface area contributed by atoms with Gasteiger partial charge in [0, 0.05) is 24.5 Å². The summed E-state index contributed by atoms with van der Waals surface area (Å²) >= 11 is 1.69. The minimum absolute atomic E-state index is 0.215. The van der Waals surface area contributed by atoms with E-state index in [0.29, 0.717) is 11.7 Å². The number of rotatable bonds is 10. The minimum atomic E-state index is 0.215. The summed E-state index contributed by atoms with van der Waals surface area (Å²) in [6, 6.07) is 8.72. The number of benzene rings is 1. The summed E-state index contributed by atoms with van der Waals surface area (Å²) in [5.74, 6) is 5.50. The molecule has 2 atom stereocenters. The number of aliphatic hydroxyl groups excluding tert-OH is 1. The Kier molecular flexibility index (Phi) is 11.7. The van der Waals surface area contributed by atoms with Crippen molar-refractivity contribution in [2.75, 3.05) is 32.8 Å². The Hall–Kier alpha value is -3.48. The number of anilines is 1. The molecule has 1 aromatic heterocycles. The van der Waals surface area contributed by atoms with Crippen LogP contribution < -0.4 is 10.1 Å². The van der Waals surface area contributed by atoms with Crippen LogP contribution in [0.3, 0.4) is 0 Å². The van der Waals surface area contributed by atoms with Crippen molar-refractivity contribution in [3.05, 3.63) is 64.8 Å². The molecule has 1 unspecified atom stereocenters. The van der Waals surface area contributed by atoms with Crippen LogP contribution in [0.5, 0.6) is 6.01 Å². The van der Waals surface area contributed by atoms with Crippen LogP contribution in [0, 0.1) is 25.2 Å². The molecule has 39 heavy (non-hydrogen) atoms. The van der Waals surface area contributed by atoms with Gasteiger partial charge in [-0.1, -0.05) is 18.2 Å². The quantitative estimate of drug-likeness (QED) is 0.218. The second-order valence-electron chi connectivity index (χ2n) is 9.22. The Bertz CT molecular complexity index is 1250. The zero-order valence-electron chi connectivity index (χ0n) is 23.4. The number of ether oxygens (including phenoxy) is 3. The second kappa shape index (κ2) is 15.2. The monoisotopic (exact) mass is 550 g/mol. The van der Waals surface area contributed by atoms with E-state index in [4.69, 9.17) is 24.2 Å². The van der Waals surface area contributed by atoms with Crippen LogP contribution in [-0.4, -0.2) is 53.6 Å². The fourth-order valence-electron chi connectivity index (χ4n) is 4.35. The van der Waals surface area contributed by atoms with Gasteiger partial charge in [0.1, 0.15) is 23.2 Å². The van der Waals surface area contributed by atoms with E-state index in [0.717, 1.165) is 58.6 Å². The van der Waals surface area contributed by atoms with Crippen molar-refractivity contribution >= 4 is 28.3 Å². The molecule has 1 fully saturated rings. The number of hydrogen-bond acceptors (Lipinski definition) is 9. The second-order valence-corrected chi connectivity index (χ2v) is 10.2. The van der Waals surface area contributed by atoms with Crippen LogP contribution in [-0.2, 0) is 15.2 Å². The molecule has 0 bridgehead atoms. The molecule has 0 radical (unpaired) electrons. The maximum atomic E-state index is 9.60. The Balaban J connectivity index is 0.00000134. The van der Waals surface area contributed by atoms with Crippen LogP contribution >= 0.6 is 11.8 Å². The SMILES string of the molecule is C#CC.CO/C(C)=C/C(=C\COc1nc(C)c(C2=Nc3ccccc3CS2)c(N[C@H]2CCC(CO)C2)n1)OC. The molecule has 1 aliphatic heterocycles. The van der Waals surface area contributed by atoms with Gasteiger partial charge in [0.2, 0.25) is 0 Å². The summed E-state index contributed by atoms with van der Waals surface area (Å²) in [4.78, 5) is 14.4. The summed E-state index contributed by atoms with van der Waals surface area (Å²) in [5, 5.41) is 14.1. The third-order valence-corrected chi connectivity index (χ3v) is 7.43. The van der Waals surface area contributed by atoms with Crippen LogP contribution in [0.15, 0.2) is 52.9 Å². The first kappa shape index (κ1) is 30.1. The Labute approximate surface area is 236 Å². The molecule has 208 valence electrons. The molecule has 1 aliphatic carbocycles. The molecule has 1 aromatic carbocycles. The van der Waals surface area contributed by atoms with Crippen molar-refractivity contribution in [2.24, 2.45) is 10.9 Å². The van der Waals surface area contributed by atoms with Gasteiger partial charge in [-0.3, -0.25) is 0 Å². The first-order valence-electron chi connectivity index (χ1n) is 12.9. The van der Waals surface area contributed by atoms with Gasteiger partial charge in [-0.15, -0.1) is 24.1 Å². The third-order valence-electron chi connectivity index (χ3n) is 6.40. The predicted molar refractivity (Wildman–Crippen MR) is 158 cm³/mol. The van der Waals surface area contributed by atoms with Crippen LogP contribution in [0.4, 0.5) is 11.5 Å². The van der Waals surface area contributed by atoms with Crippen LogP contribution in [0.2, 0.25) is 0 Å². The van der Waals surface area contributed by atoms with Gasteiger partial charge in [0.05, 0.1) is 36.9 Å². The van der Waals surface area contributed by atoms with E-state index in [1.54, 1.807) is 39.0 Å². The van der Waals surface area contributed by atoms with Gasteiger partial charge < -0.3 is 24.6 Å². The lowest BCUT2D eigenvalue weighted by atomic mass is 10.1. The molecule has 4 rings (SSSR count). The molecule has 2 heterocycles. The fraction of sp³-hybridized carbons (Fsp3) is 0.433. The first-order valence-corrected chi connectivity index (χ1v) is 13.9. The average molecular weight is 551 g/mol. The molecular weight excluding hydrogens is 512 g/mol. The summed E-state index contributed by atoms with van der Waals surface area (Å²) in [5.41, 5.74) is 3.91. The zero-order chi connectivity index (χ0) is 28.2. The number of thioether (sulfide) groups is 1. The van der Waals surface area contributed by atoms with Gasteiger partial charge in [0.25, 0.3) is 0 Å². The van der Waals surface area contributed by atoms with Crippen LogP contribution in [0.1, 0.15) is 49.9 Å². The molecule has 2 aromatic rings. The highest BCUT2D eigenvalue weighted by Gasteiger charge is 2.28. The van der Waals surface area contributed by atoms with E-state index in [1.165, 1.54) is 5.56 Å². The number of aliphatic imine (C=N–C) groups is 1. The predicted octanol–water partition coefficient (Wildman–Crippen LogP) is 5.78. The topological polar surface area (TPSA) is 98.1 Å². The van der Waals surface area contributed by atoms with Gasteiger partial charge in [0.15, 0.2) is 0 Å². The average Bonchev–Trinajstić information content (AvgIpc) is 3.40. The van der Waals surface area contributed by atoms with E-state index < -0.39 is 0 Å². The molecular formula is C30H38N4O4S. The van der Waals surface area contributed by atoms with Crippen LogP contribution in [0.25, 0.3) is 0 Å². The lowest BCUT2D eigenvalue weighted by Crippen LogP contribution is -2.21. The number of methoxy groups -OCH3 is 2. The molecule has 2 aliphatic rings. The van der Waals surface area contributed by atoms with Crippen molar-refractivity contribution in [1.82, 2.24) is 9.97 Å². The minimum Gasteiger partial charge on any atom is -0.501 e. The Morgan fingerprint density at radius 2 is 2.00 bits per heavy atom. The number of terminal acetylenes is 1. The highest BCUT2D eigenvalue weighted by atomic mass is 32.2. The van der Waals surface area contributed by atoms with E-state index in [-0.39, 0.29) is 25.3 Å². The maximum Gasteiger partial charge on any atom is 0.318 e. The first-order chi connectivity index (χ1) is 18.9. The lowest BCUT2D eigenvalue weighted by molar-refractivity contribution is 0.229. The smallest absolute Gasteiger partial charge is 0.318 e. The number of allylic oxidation sites excluding steroid dienone is 2. The largest absolute Gasteiger partial charge is 0.501 e. The highest BCUT2D eigenvalue weighted by Crippen LogP contribution is 2.37. The van der Waals surface area contributed by atoms with Gasteiger partial charge in [-0.2, -0.15) is 9.97 Å². The van der Waals surface area contributed by atoms with E-state index in [1.807, 2.05) is 38.1 Å². The zero-order valence-corrected chi connectivity index (χ0v) is 24.2. The molecule has 0 amide bonds. The van der Waals surface area contributed by atoms with Crippen molar-refractivity contribution in [1.29, 1.82) is 0 Å². The summed E-state index contributed by atoms with van der Waals surface area (Å²) in [6.45, 7) is 5.93. The number of nitrogens with zero attached hydrogens (tertiary/aromatic N) is 3.